The van der Waals surface area contributed by atoms with Crippen LogP contribution in [0.4, 0.5) is 0 Å². The summed E-state index contributed by atoms with van der Waals surface area (Å²) in [5, 5.41) is 0.238. The molecule has 0 spiro atoms. The van der Waals surface area contributed by atoms with Crippen LogP contribution in [0.15, 0.2) is 22.7 Å². The Balaban J connectivity index is 1.90. The van der Waals surface area contributed by atoms with Crippen LogP contribution in [0, 0.1) is 6.92 Å². The van der Waals surface area contributed by atoms with Crippen LogP contribution < -0.4 is 0 Å². The van der Waals surface area contributed by atoms with Crippen molar-refractivity contribution in [3.8, 4) is 0 Å². The van der Waals surface area contributed by atoms with Crippen LogP contribution in [0.25, 0.3) is 0 Å². The summed E-state index contributed by atoms with van der Waals surface area (Å²) in [4.78, 5) is 14.9. The number of benzene rings is 1. The highest BCUT2D eigenvalue weighted by atomic mass is 79.9. The number of rotatable bonds is 1. The van der Waals surface area contributed by atoms with Crippen molar-refractivity contribution in [2.45, 2.75) is 50.1 Å². The second-order valence-electron chi connectivity index (χ2n) is 5.65. The highest BCUT2D eigenvalue weighted by molar-refractivity contribution is 9.10. The third kappa shape index (κ3) is 2.43. The number of carbonyl (C=O) groups is 1. The third-order valence-corrected chi connectivity index (χ3v) is 5.31. The van der Waals surface area contributed by atoms with E-state index in [4.69, 9.17) is 11.6 Å². The number of nitrogens with zero attached hydrogens (tertiary/aromatic N) is 1. The summed E-state index contributed by atoms with van der Waals surface area (Å²) in [5.41, 5.74) is 1.90. The van der Waals surface area contributed by atoms with Crippen molar-refractivity contribution in [1.29, 1.82) is 0 Å². The van der Waals surface area contributed by atoms with Gasteiger partial charge in [0, 0.05) is 21.9 Å². The number of halogens is 2. The number of amides is 1. The van der Waals surface area contributed by atoms with Gasteiger partial charge in [-0.2, -0.15) is 0 Å². The van der Waals surface area contributed by atoms with Gasteiger partial charge in [0.15, 0.2) is 0 Å². The maximum absolute atomic E-state index is 12.8. The van der Waals surface area contributed by atoms with Crippen LogP contribution in [-0.4, -0.2) is 28.3 Å². The molecule has 2 unspecified atom stereocenters. The number of aryl methyl sites for hydroxylation is 1. The lowest BCUT2D eigenvalue weighted by Gasteiger charge is -2.37. The molecule has 1 aromatic rings. The van der Waals surface area contributed by atoms with Gasteiger partial charge in [-0.3, -0.25) is 4.79 Å². The van der Waals surface area contributed by atoms with Crippen LogP contribution in [0.3, 0.4) is 0 Å². The molecule has 102 valence electrons. The first-order valence-corrected chi connectivity index (χ1v) is 8.02. The Labute approximate surface area is 127 Å². The van der Waals surface area contributed by atoms with E-state index in [0.717, 1.165) is 41.3 Å². The van der Waals surface area contributed by atoms with E-state index in [2.05, 4.69) is 20.8 Å². The summed E-state index contributed by atoms with van der Waals surface area (Å²) in [6.07, 6.45) is 4.08. The van der Waals surface area contributed by atoms with Gasteiger partial charge in [0.05, 0.1) is 5.56 Å². The molecule has 2 aliphatic rings. The van der Waals surface area contributed by atoms with Crippen molar-refractivity contribution in [2.75, 3.05) is 0 Å². The van der Waals surface area contributed by atoms with E-state index in [1.54, 1.807) is 0 Å². The first kappa shape index (κ1) is 13.4. The molecule has 1 aromatic carbocycles. The van der Waals surface area contributed by atoms with E-state index in [-0.39, 0.29) is 11.3 Å². The highest BCUT2D eigenvalue weighted by Gasteiger charge is 2.43. The summed E-state index contributed by atoms with van der Waals surface area (Å²) >= 11 is 9.77. The second kappa shape index (κ2) is 5.10. The number of piperidine rings is 1. The summed E-state index contributed by atoms with van der Waals surface area (Å²) < 4.78 is 0.885. The standard InChI is InChI=1S/C15H17BrClNO/c1-9-2-5-14(16)13(6-9)15(19)18-11-3-4-12(18)8-10(17)7-11/h2,5-6,10-12H,3-4,7-8H2,1H3. The molecule has 2 nitrogen and oxygen atoms in total. The molecule has 0 saturated carbocycles. The lowest BCUT2D eigenvalue weighted by atomic mass is 10.0. The maximum atomic E-state index is 12.8. The first-order chi connectivity index (χ1) is 9.06. The van der Waals surface area contributed by atoms with Gasteiger partial charge in [-0.05, 0) is 60.7 Å². The van der Waals surface area contributed by atoms with Gasteiger partial charge in [-0.25, -0.2) is 0 Å². The molecule has 19 heavy (non-hydrogen) atoms. The van der Waals surface area contributed by atoms with E-state index in [1.807, 2.05) is 25.1 Å². The Morgan fingerprint density at radius 1 is 1.32 bits per heavy atom. The zero-order valence-corrected chi connectivity index (χ0v) is 13.2. The molecule has 2 fully saturated rings. The molecule has 0 N–H and O–H groups in total. The normalized spacial score (nSPS) is 29.6. The SMILES string of the molecule is Cc1ccc(Br)c(C(=O)N2C3CCC2CC(Cl)C3)c1. The monoisotopic (exact) mass is 341 g/mol. The minimum atomic E-state index is 0.159. The van der Waals surface area contributed by atoms with E-state index in [9.17, 15) is 4.79 Å². The predicted octanol–water partition coefficient (Wildman–Crippen LogP) is 4.13. The number of carbonyl (C=O) groups excluding carboxylic acids is 1. The molecule has 2 atom stereocenters. The highest BCUT2D eigenvalue weighted by Crippen LogP contribution is 2.39. The van der Waals surface area contributed by atoms with E-state index >= 15 is 0 Å². The average Bonchev–Trinajstić information content (AvgIpc) is 2.64. The molecule has 2 saturated heterocycles. The number of hydrogen-bond acceptors (Lipinski definition) is 1. The predicted molar refractivity (Wildman–Crippen MR) is 80.7 cm³/mol. The molecule has 0 aromatic heterocycles. The zero-order chi connectivity index (χ0) is 13.6. The topological polar surface area (TPSA) is 20.3 Å². The van der Waals surface area contributed by atoms with Gasteiger partial charge in [-0.1, -0.05) is 11.6 Å². The van der Waals surface area contributed by atoms with Crippen LogP contribution in [-0.2, 0) is 0 Å². The van der Waals surface area contributed by atoms with E-state index < -0.39 is 0 Å². The van der Waals surface area contributed by atoms with Gasteiger partial charge >= 0.3 is 0 Å². The summed E-state index contributed by atoms with van der Waals surface area (Å²) in [5.74, 6) is 0.159. The van der Waals surface area contributed by atoms with Crippen molar-refractivity contribution in [1.82, 2.24) is 4.90 Å². The Kier molecular flexibility index (Phi) is 3.61. The lowest BCUT2D eigenvalue weighted by Crippen LogP contribution is -2.47. The Morgan fingerprint density at radius 2 is 1.95 bits per heavy atom. The fraction of sp³-hybridized carbons (Fsp3) is 0.533. The number of fused-ring (bicyclic) bond motifs is 2. The zero-order valence-electron chi connectivity index (χ0n) is 10.9. The Hall–Kier alpha value is -0.540. The first-order valence-electron chi connectivity index (χ1n) is 6.79. The quantitative estimate of drug-likeness (QED) is 0.703. The molecular weight excluding hydrogens is 326 g/mol. The molecule has 2 heterocycles. The van der Waals surface area contributed by atoms with Crippen LogP contribution in [0.2, 0.25) is 0 Å². The minimum absolute atomic E-state index is 0.159. The molecule has 1 amide bonds. The molecule has 4 heteroatoms. The van der Waals surface area contributed by atoms with Gasteiger partial charge in [0.25, 0.3) is 5.91 Å². The minimum Gasteiger partial charge on any atom is -0.333 e. The van der Waals surface area contributed by atoms with Gasteiger partial charge in [0.2, 0.25) is 0 Å². The average molecular weight is 343 g/mol. The maximum Gasteiger partial charge on any atom is 0.255 e. The molecule has 0 aliphatic carbocycles. The van der Waals surface area contributed by atoms with Crippen LogP contribution in [0.5, 0.6) is 0 Å². The number of alkyl halides is 1. The Morgan fingerprint density at radius 3 is 2.58 bits per heavy atom. The van der Waals surface area contributed by atoms with Crippen molar-refractivity contribution in [3.05, 3.63) is 33.8 Å². The van der Waals surface area contributed by atoms with Crippen molar-refractivity contribution >= 4 is 33.4 Å². The smallest absolute Gasteiger partial charge is 0.255 e. The molecular formula is C15H17BrClNO. The van der Waals surface area contributed by atoms with Gasteiger partial charge in [0.1, 0.15) is 0 Å². The summed E-state index contributed by atoms with van der Waals surface area (Å²) in [6, 6.07) is 6.61. The molecule has 0 radical (unpaired) electrons. The van der Waals surface area contributed by atoms with E-state index in [0.29, 0.717) is 12.1 Å². The van der Waals surface area contributed by atoms with Crippen molar-refractivity contribution in [2.24, 2.45) is 0 Å². The van der Waals surface area contributed by atoms with Crippen molar-refractivity contribution < 1.29 is 4.79 Å². The van der Waals surface area contributed by atoms with E-state index in [1.165, 1.54) is 0 Å². The molecule has 3 rings (SSSR count). The van der Waals surface area contributed by atoms with Crippen LogP contribution in [0.1, 0.15) is 41.6 Å². The van der Waals surface area contributed by atoms with Crippen molar-refractivity contribution in [3.63, 3.8) is 0 Å². The fourth-order valence-electron chi connectivity index (χ4n) is 3.38. The lowest BCUT2D eigenvalue weighted by molar-refractivity contribution is 0.0598. The van der Waals surface area contributed by atoms with Gasteiger partial charge < -0.3 is 4.90 Å². The van der Waals surface area contributed by atoms with Crippen LogP contribution >= 0.6 is 27.5 Å². The second-order valence-corrected chi connectivity index (χ2v) is 7.12. The summed E-state index contributed by atoms with van der Waals surface area (Å²) in [6.45, 7) is 2.02. The van der Waals surface area contributed by atoms with Gasteiger partial charge in [-0.15, -0.1) is 11.6 Å². The fourth-order valence-corrected chi connectivity index (χ4v) is 4.21. The third-order valence-electron chi connectivity index (χ3n) is 4.26. The summed E-state index contributed by atoms with van der Waals surface area (Å²) in [7, 11) is 0. The molecule has 2 bridgehead atoms. The molecule has 2 aliphatic heterocycles. The number of hydrogen-bond donors (Lipinski definition) is 0. The Bertz CT molecular complexity index is 505. The largest absolute Gasteiger partial charge is 0.333 e.